The molecule has 0 radical (unpaired) electrons. The number of aliphatic hydroxyl groups is 3. The Morgan fingerprint density at radius 3 is 2.20 bits per heavy atom. The predicted octanol–water partition coefficient (Wildman–Crippen LogP) is -0.908. The predicted molar refractivity (Wildman–Crippen MR) is 51.4 cm³/mol. The molecule has 88 valence electrons. The number of carboxylic acid groups (broad SMARTS) is 1. The Labute approximate surface area is 87.8 Å². The van der Waals surface area contributed by atoms with Crippen LogP contribution in [0.5, 0.6) is 0 Å². The van der Waals surface area contributed by atoms with E-state index in [0.717, 1.165) is 0 Å². The third-order valence-electron chi connectivity index (χ3n) is 3.22. The summed E-state index contributed by atoms with van der Waals surface area (Å²) in [5, 5.41) is 36.4. The Morgan fingerprint density at radius 2 is 1.87 bits per heavy atom. The van der Waals surface area contributed by atoms with Crippen LogP contribution in [0.25, 0.3) is 0 Å². The fraction of sp³-hybridized carbons (Fsp3) is 0.889. The first-order valence-electron chi connectivity index (χ1n) is 4.93. The van der Waals surface area contributed by atoms with Gasteiger partial charge in [-0.05, 0) is 12.8 Å². The van der Waals surface area contributed by atoms with Crippen LogP contribution in [0.1, 0.15) is 12.8 Å². The van der Waals surface area contributed by atoms with E-state index in [1.807, 2.05) is 0 Å². The lowest BCUT2D eigenvalue weighted by Crippen LogP contribution is -2.50. The molecule has 0 aromatic heterocycles. The maximum Gasteiger partial charge on any atom is 0.407 e. The van der Waals surface area contributed by atoms with Crippen molar-refractivity contribution in [1.82, 2.24) is 4.90 Å². The van der Waals surface area contributed by atoms with Gasteiger partial charge in [0.2, 0.25) is 0 Å². The second kappa shape index (κ2) is 4.78. The largest absolute Gasteiger partial charge is 0.465 e. The molecule has 1 aliphatic heterocycles. The van der Waals surface area contributed by atoms with Crippen LogP contribution in [0.2, 0.25) is 0 Å². The van der Waals surface area contributed by atoms with E-state index in [1.54, 1.807) is 0 Å². The average Bonchev–Trinajstić information content (AvgIpc) is 2.27. The Bertz CT molecular complexity index is 225. The molecule has 1 rings (SSSR count). The molecule has 0 aromatic rings. The summed E-state index contributed by atoms with van der Waals surface area (Å²) in [7, 11) is 0. The van der Waals surface area contributed by atoms with Gasteiger partial charge in [-0.3, -0.25) is 0 Å². The van der Waals surface area contributed by atoms with Gasteiger partial charge >= 0.3 is 6.09 Å². The van der Waals surface area contributed by atoms with Gasteiger partial charge in [0.15, 0.2) is 0 Å². The Morgan fingerprint density at radius 1 is 1.33 bits per heavy atom. The Kier molecular flexibility index (Phi) is 3.90. The van der Waals surface area contributed by atoms with Crippen molar-refractivity contribution < 1.29 is 25.2 Å². The highest BCUT2D eigenvalue weighted by Crippen LogP contribution is 2.34. The van der Waals surface area contributed by atoms with Crippen molar-refractivity contribution in [2.24, 2.45) is 5.41 Å². The topological polar surface area (TPSA) is 101 Å². The third kappa shape index (κ3) is 2.39. The fourth-order valence-electron chi connectivity index (χ4n) is 1.93. The number of piperidine rings is 1. The van der Waals surface area contributed by atoms with Crippen LogP contribution in [-0.4, -0.2) is 63.8 Å². The quantitative estimate of drug-likeness (QED) is 0.492. The second-order valence-electron chi connectivity index (χ2n) is 3.99. The van der Waals surface area contributed by atoms with E-state index < -0.39 is 24.2 Å². The molecule has 1 fully saturated rings. The number of amides is 1. The molecule has 0 aliphatic carbocycles. The zero-order valence-corrected chi connectivity index (χ0v) is 8.46. The summed E-state index contributed by atoms with van der Waals surface area (Å²) in [5.41, 5.74) is -0.749. The van der Waals surface area contributed by atoms with E-state index in [4.69, 9.17) is 10.2 Å². The number of aliphatic hydroxyl groups excluding tert-OH is 3. The lowest BCUT2D eigenvalue weighted by atomic mass is 9.74. The fourth-order valence-corrected chi connectivity index (χ4v) is 1.93. The van der Waals surface area contributed by atoms with Gasteiger partial charge in [0, 0.05) is 18.5 Å². The monoisotopic (exact) mass is 219 g/mol. The SMILES string of the molecule is O=C(O)N1CCC(CO)(C(O)CO)CC1. The van der Waals surface area contributed by atoms with Gasteiger partial charge in [-0.2, -0.15) is 0 Å². The molecule has 0 bridgehead atoms. The summed E-state index contributed by atoms with van der Waals surface area (Å²) in [6.07, 6.45) is -1.23. The molecule has 6 heteroatoms. The van der Waals surface area contributed by atoms with Crippen LogP contribution in [0, 0.1) is 5.41 Å². The maximum atomic E-state index is 10.6. The molecular formula is C9H17NO5. The molecule has 0 aromatic carbocycles. The Balaban J connectivity index is 2.62. The standard InChI is InChI=1S/C9H17NO5/c11-5-7(13)9(6-12)1-3-10(4-2-9)8(14)15/h7,11-13H,1-6H2,(H,14,15). The van der Waals surface area contributed by atoms with E-state index in [1.165, 1.54) is 4.90 Å². The van der Waals surface area contributed by atoms with Crippen LogP contribution in [0.4, 0.5) is 4.79 Å². The number of likely N-dealkylation sites (tertiary alicyclic amines) is 1. The van der Waals surface area contributed by atoms with Crippen molar-refractivity contribution in [1.29, 1.82) is 0 Å². The van der Waals surface area contributed by atoms with Crippen LogP contribution in [0.3, 0.4) is 0 Å². The minimum Gasteiger partial charge on any atom is -0.465 e. The molecular weight excluding hydrogens is 202 g/mol. The van der Waals surface area contributed by atoms with Gasteiger partial charge in [-0.25, -0.2) is 4.79 Å². The number of hydrogen-bond acceptors (Lipinski definition) is 4. The first kappa shape index (κ1) is 12.2. The third-order valence-corrected chi connectivity index (χ3v) is 3.22. The number of carbonyl (C=O) groups is 1. The first-order chi connectivity index (χ1) is 7.05. The highest BCUT2D eigenvalue weighted by molar-refractivity contribution is 5.65. The zero-order valence-electron chi connectivity index (χ0n) is 8.46. The Hall–Kier alpha value is -0.850. The van der Waals surface area contributed by atoms with Crippen LogP contribution in [0.15, 0.2) is 0 Å². The molecule has 1 aliphatic rings. The molecule has 1 atom stereocenters. The first-order valence-corrected chi connectivity index (χ1v) is 4.93. The van der Waals surface area contributed by atoms with Gasteiger partial charge in [-0.15, -0.1) is 0 Å². The van der Waals surface area contributed by atoms with Gasteiger partial charge in [0.1, 0.15) is 0 Å². The summed E-state index contributed by atoms with van der Waals surface area (Å²) in [5.74, 6) is 0. The summed E-state index contributed by atoms with van der Waals surface area (Å²) in [6, 6.07) is 0. The number of rotatable bonds is 3. The summed E-state index contributed by atoms with van der Waals surface area (Å²) >= 11 is 0. The molecule has 1 unspecified atom stereocenters. The second-order valence-corrected chi connectivity index (χ2v) is 3.99. The highest BCUT2D eigenvalue weighted by Gasteiger charge is 2.41. The van der Waals surface area contributed by atoms with Crippen LogP contribution in [-0.2, 0) is 0 Å². The van der Waals surface area contributed by atoms with Crippen molar-refractivity contribution >= 4 is 6.09 Å². The van der Waals surface area contributed by atoms with E-state index in [9.17, 15) is 15.0 Å². The van der Waals surface area contributed by atoms with Gasteiger partial charge in [0.25, 0.3) is 0 Å². The molecule has 15 heavy (non-hydrogen) atoms. The highest BCUT2D eigenvalue weighted by atomic mass is 16.4. The lowest BCUT2D eigenvalue weighted by molar-refractivity contribution is -0.0758. The molecule has 0 spiro atoms. The lowest BCUT2D eigenvalue weighted by Gasteiger charge is -2.42. The van der Waals surface area contributed by atoms with Crippen LogP contribution < -0.4 is 0 Å². The summed E-state index contributed by atoms with van der Waals surface area (Å²) in [6.45, 7) is -0.0737. The smallest absolute Gasteiger partial charge is 0.407 e. The van der Waals surface area contributed by atoms with Crippen molar-refractivity contribution in [2.45, 2.75) is 18.9 Å². The van der Waals surface area contributed by atoms with E-state index in [-0.39, 0.29) is 19.7 Å². The minimum atomic E-state index is -0.988. The minimum absolute atomic E-state index is 0.234. The van der Waals surface area contributed by atoms with Crippen molar-refractivity contribution in [3.8, 4) is 0 Å². The van der Waals surface area contributed by atoms with Crippen molar-refractivity contribution in [3.63, 3.8) is 0 Å². The average molecular weight is 219 g/mol. The molecule has 4 N–H and O–H groups in total. The van der Waals surface area contributed by atoms with Gasteiger partial charge < -0.3 is 25.3 Å². The zero-order chi connectivity index (χ0) is 11.5. The summed E-state index contributed by atoms with van der Waals surface area (Å²) in [4.78, 5) is 11.9. The van der Waals surface area contributed by atoms with E-state index in [0.29, 0.717) is 12.8 Å². The van der Waals surface area contributed by atoms with Crippen molar-refractivity contribution in [2.75, 3.05) is 26.3 Å². The molecule has 1 saturated heterocycles. The molecule has 1 amide bonds. The van der Waals surface area contributed by atoms with Gasteiger partial charge in [0.05, 0.1) is 19.3 Å². The van der Waals surface area contributed by atoms with E-state index >= 15 is 0 Å². The normalized spacial score (nSPS) is 22.5. The molecule has 1 heterocycles. The molecule has 6 nitrogen and oxygen atoms in total. The van der Waals surface area contributed by atoms with Crippen molar-refractivity contribution in [3.05, 3.63) is 0 Å². The van der Waals surface area contributed by atoms with E-state index in [2.05, 4.69) is 0 Å². The maximum absolute atomic E-state index is 10.6. The molecule has 0 saturated carbocycles. The number of hydrogen-bond donors (Lipinski definition) is 4. The summed E-state index contributed by atoms with van der Waals surface area (Å²) < 4.78 is 0. The number of nitrogens with zero attached hydrogens (tertiary/aromatic N) is 1. The van der Waals surface area contributed by atoms with Crippen LogP contribution >= 0.6 is 0 Å². The van der Waals surface area contributed by atoms with Gasteiger partial charge in [-0.1, -0.05) is 0 Å².